The molecule has 3 N–H and O–H groups in total. The van der Waals surface area contributed by atoms with Gasteiger partial charge in [0.05, 0.1) is 39.6 Å². The van der Waals surface area contributed by atoms with E-state index in [1.807, 2.05) is 6.07 Å². The Hall–Kier alpha value is -1.14. The Morgan fingerprint density at radius 3 is 1.53 bits per heavy atom. The maximum Gasteiger partial charge on any atom is 0.115 e. The van der Waals surface area contributed by atoms with E-state index in [9.17, 15) is 0 Å². The number of phenols is 1. The van der Waals surface area contributed by atoms with Crippen LogP contribution in [0.1, 0.15) is 0 Å². The first-order valence-electron chi connectivity index (χ1n) is 5.42. The third-order valence-electron chi connectivity index (χ3n) is 1.60. The molecule has 5 heteroatoms. The first kappa shape index (κ1) is 15.9. The summed E-state index contributed by atoms with van der Waals surface area (Å²) in [6, 6.07) is 8.71. The molecule has 0 spiro atoms. The number of benzene rings is 1. The molecule has 0 saturated carbocycles. The van der Waals surface area contributed by atoms with Crippen LogP contribution < -0.4 is 0 Å². The van der Waals surface area contributed by atoms with E-state index < -0.39 is 0 Å². The Bertz CT molecular complexity index is 232. The number of hydrogen-bond donors (Lipinski definition) is 3. The van der Waals surface area contributed by atoms with E-state index in [4.69, 9.17) is 24.8 Å². The lowest BCUT2D eigenvalue weighted by Crippen LogP contribution is -2.09. The van der Waals surface area contributed by atoms with E-state index >= 15 is 0 Å². The summed E-state index contributed by atoms with van der Waals surface area (Å²) < 4.78 is 9.75. The number of aliphatic hydroxyl groups excluding tert-OH is 2. The molecule has 0 amide bonds. The number of para-hydroxylation sites is 1. The molecular formula is C12H20O5. The highest BCUT2D eigenvalue weighted by molar-refractivity contribution is 5.18. The number of phenolic OH excluding ortho intramolecular Hbond substituents is 1. The Morgan fingerprint density at radius 2 is 1.24 bits per heavy atom. The van der Waals surface area contributed by atoms with Crippen molar-refractivity contribution in [3.63, 3.8) is 0 Å². The van der Waals surface area contributed by atoms with Crippen LogP contribution in [0.15, 0.2) is 30.3 Å². The Kier molecular flexibility index (Phi) is 12.1. The van der Waals surface area contributed by atoms with Gasteiger partial charge in [0.1, 0.15) is 5.75 Å². The maximum atomic E-state index is 8.63. The molecule has 0 fully saturated rings. The summed E-state index contributed by atoms with van der Waals surface area (Å²) in [5.41, 5.74) is 0. The van der Waals surface area contributed by atoms with Gasteiger partial charge in [0.2, 0.25) is 0 Å². The van der Waals surface area contributed by atoms with Gasteiger partial charge >= 0.3 is 0 Å². The lowest BCUT2D eigenvalue weighted by molar-refractivity contribution is 0.0222. The largest absolute Gasteiger partial charge is 0.508 e. The van der Waals surface area contributed by atoms with Crippen LogP contribution in [0.5, 0.6) is 5.75 Å². The fourth-order valence-corrected chi connectivity index (χ4v) is 0.879. The summed E-state index contributed by atoms with van der Waals surface area (Å²) in [5.74, 6) is 0.322. The van der Waals surface area contributed by atoms with E-state index in [1.165, 1.54) is 0 Å². The SMILES string of the molecule is OCCOCCOCCO.Oc1ccccc1. The smallest absolute Gasteiger partial charge is 0.115 e. The van der Waals surface area contributed by atoms with Gasteiger partial charge in [-0.05, 0) is 12.1 Å². The lowest BCUT2D eigenvalue weighted by Gasteiger charge is -2.01. The van der Waals surface area contributed by atoms with Crippen LogP contribution in [0.25, 0.3) is 0 Å². The minimum Gasteiger partial charge on any atom is -0.508 e. The average Bonchev–Trinajstić information content (AvgIpc) is 2.35. The van der Waals surface area contributed by atoms with Crippen molar-refractivity contribution in [2.45, 2.75) is 0 Å². The zero-order chi connectivity index (χ0) is 12.8. The summed E-state index contributed by atoms with van der Waals surface area (Å²) in [5, 5.41) is 25.2. The van der Waals surface area contributed by atoms with Gasteiger partial charge in [-0.1, -0.05) is 18.2 Å². The van der Waals surface area contributed by atoms with Crippen molar-refractivity contribution < 1.29 is 24.8 Å². The maximum absolute atomic E-state index is 8.63. The molecule has 0 saturated heterocycles. The first-order valence-corrected chi connectivity index (χ1v) is 5.42. The summed E-state index contributed by atoms with van der Waals surface area (Å²) in [7, 11) is 0. The van der Waals surface area contributed by atoms with E-state index in [1.54, 1.807) is 24.3 Å². The molecule has 0 aromatic heterocycles. The highest BCUT2D eigenvalue weighted by atomic mass is 16.5. The predicted octanol–water partition coefficient (Wildman–Crippen LogP) is 0.396. The molecule has 1 aromatic rings. The van der Waals surface area contributed by atoms with Crippen LogP contribution in [0, 0.1) is 0 Å². The molecule has 1 aromatic carbocycles. The van der Waals surface area contributed by atoms with Crippen LogP contribution >= 0.6 is 0 Å². The second-order valence-electron chi connectivity index (χ2n) is 3.01. The van der Waals surface area contributed by atoms with Crippen molar-refractivity contribution in [1.82, 2.24) is 0 Å². The molecule has 0 aliphatic rings. The molecule has 17 heavy (non-hydrogen) atoms. The van der Waals surface area contributed by atoms with Crippen LogP contribution in [0.4, 0.5) is 0 Å². The Labute approximate surface area is 101 Å². The zero-order valence-electron chi connectivity index (χ0n) is 9.79. The highest BCUT2D eigenvalue weighted by Crippen LogP contribution is 2.02. The Balaban J connectivity index is 0.000000318. The van der Waals surface area contributed by atoms with Gasteiger partial charge in [-0.2, -0.15) is 0 Å². The van der Waals surface area contributed by atoms with Gasteiger partial charge in [0.15, 0.2) is 0 Å². The van der Waals surface area contributed by atoms with Crippen molar-refractivity contribution in [2.75, 3.05) is 39.6 Å². The summed E-state index contributed by atoms with van der Waals surface area (Å²) >= 11 is 0. The highest BCUT2D eigenvalue weighted by Gasteiger charge is 1.86. The van der Waals surface area contributed by atoms with Gasteiger partial charge in [-0.3, -0.25) is 0 Å². The van der Waals surface area contributed by atoms with E-state index in [2.05, 4.69) is 0 Å². The molecule has 0 radical (unpaired) electrons. The summed E-state index contributed by atoms with van der Waals surface area (Å²) in [6.45, 7) is 1.73. The lowest BCUT2D eigenvalue weighted by atomic mass is 10.3. The van der Waals surface area contributed by atoms with Crippen molar-refractivity contribution in [3.05, 3.63) is 30.3 Å². The first-order chi connectivity index (χ1) is 8.31. The molecule has 0 atom stereocenters. The molecular weight excluding hydrogens is 224 g/mol. The predicted molar refractivity (Wildman–Crippen MR) is 63.9 cm³/mol. The van der Waals surface area contributed by atoms with Crippen LogP contribution in [-0.2, 0) is 9.47 Å². The van der Waals surface area contributed by atoms with Gasteiger partial charge in [0.25, 0.3) is 0 Å². The van der Waals surface area contributed by atoms with Crippen LogP contribution in [0.2, 0.25) is 0 Å². The quantitative estimate of drug-likeness (QED) is 0.605. The van der Waals surface area contributed by atoms with Gasteiger partial charge in [0, 0.05) is 0 Å². The average molecular weight is 244 g/mol. The fourth-order valence-electron chi connectivity index (χ4n) is 0.879. The molecule has 98 valence electrons. The second kappa shape index (κ2) is 12.9. The minimum atomic E-state index is 0.0417. The van der Waals surface area contributed by atoms with E-state index in [0.29, 0.717) is 32.2 Å². The van der Waals surface area contributed by atoms with E-state index in [0.717, 1.165) is 0 Å². The van der Waals surface area contributed by atoms with Crippen LogP contribution in [0.3, 0.4) is 0 Å². The zero-order valence-corrected chi connectivity index (χ0v) is 9.79. The van der Waals surface area contributed by atoms with Gasteiger partial charge < -0.3 is 24.8 Å². The number of ether oxygens (including phenoxy) is 2. The second-order valence-corrected chi connectivity index (χ2v) is 3.01. The van der Waals surface area contributed by atoms with Crippen molar-refractivity contribution in [3.8, 4) is 5.75 Å². The molecule has 1 rings (SSSR count). The molecule has 0 aliphatic carbocycles. The van der Waals surface area contributed by atoms with Gasteiger partial charge in [-0.25, -0.2) is 0 Å². The molecule has 0 heterocycles. The number of aromatic hydroxyl groups is 1. The standard InChI is InChI=1S/C6H14O4.C6H6O/c7-1-3-9-5-6-10-4-2-8;7-6-4-2-1-3-5-6/h7-8H,1-6H2;1-5,7H. The molecule has 0 unspecified atom stereocenters. The van der Waals surface area contributed by atoms with Crippen molar-refractivity contribution >= 4 is 0 Å². The Morgan fingerprint density at radius 1 is 0.765 bits per heavy atom. The summed E-state index contributed by atoms with van der Waals surface area (Å²) in [4.78, 5) is 0. The van der Waals surface area contributed by atoms with Crippen LogP contribution in [-0.4, -0.2) is 55.0 Å². The fraction of sp³-hybridized carbons (Fsp3) is 0.500. The molecule has 0 aliphatic heterocycles. The normalized spacial score (nSPS) is 9.53. The monoisotopic (exact) mass is 244 g/mol. The minimum absolute atomic E-state index is 0.0417. The molecule has 5 nitrogen and oxygen atoms in total. The topological polar surface area (TPSA) is 79.2 Å². The number of rotatable bonds is 7. The molecule has 0 bridgehead atoms. The third kappa shape index (κ3) is 12.8. The number of aliphatic hydroxyl groups is 2. The summed E-state index contributed by atoms with van der Waals surface area (Å²) in [6.07, 6.45) is 0. The van der Waals surface area contributed by atoms with Crippen molar-refractivity contribution in [1.29, 1.82) is 0 Å². The van der Waals surface area contributed by atoms with E-state index in [-0.39, 0.29) is 13.2 Å². The third-order valence-corrected chi connectivity index (χ3v) is 1.60. The van der Waals surface area contributed by atoms with Crippen molar-refractivity contribution in [2.24, 2.45) is 0 Å². The van der Waals surface area contributed by atoms with Gasteiger partial charge in [-0.15, -0.1) is 0 Å². The number of hydrogen-bond acceptors (Lipinski definition) is 5.